The first-order valence-electron chi connectivity index (χ1n) is 23.9. The largest absolute Gasteiger partial charge is 0.309 e. The fourth-order valence-corrected chi connectivity index (χ4v) is 11.1. The van der Waals surface area contributed by atoms with Crippen molar-refractivity contribution in [3.05, 3.63) is 141 Å². The van der Waals surface area contributed by atoms with Gasteiger partial charge in [-0.2, -0.15) is 0 Å². The molecule has 3 heterocycles. The highest BCUT2D eigenvalue weighted by molar-refractivity contribution is 6.24. The molecule has 0 radical (unpaired) electrons. The van der Waals surface area contributed by atoms with Crippen LogP contribution in [0.5, 0.6) is 0 Å². The summed E-state index contributed by atoms with van der Waals surface area (Å²) in [4.78, 5) is 0. The van der Waals surface area contributed by atoms with Crippen LogP contribution >= 0.6 is 0 Å². The summed E-state index contributed by atoms with van der Waals surface area (Å²) in [6.45, 7) is 47.3. The number of hydrogen-bond acceptors (Lipinski definition) is 0. The van der Waals surface area contributed by atoms with Crippen LogP contribution < -0.4 is 0 Å². The second-order valence-corrected chi connectivity index (χ2v) is 25.4. The maximum Gasteiger partial charge on any atom is 0.0620 e. The van der Waals surface area contributed by atoms with Crippen LogP contribution in [0.25, 0.3) is 65.6 Å². The van der Waals surface area contributed by atoms with E-state index in [1.165, 1.54) is 121 Å². The van der Waals surface area contributed by atoms with Crippen LogP contribution in [0.3, 0.4) is 0 Å². The zero-order valence-corrected chi connectivity index (χ0v) is 43.0. The Labute approximate surface area is 384 Å². The molecule has 0 amide bonds. The molecule has 2 heteroatoms. The third-order valence-electron chi connectivity index (χ3n) is 15.1. The molecule has 0 saturated heterocycles. The van der Waals surface area contributed by atoms with E-state index >= 15 is 0 Å². The van der Waals surface area contributed by atoms with Gasteiger partial charge in [0, 0.05) is 43.4 Å². The van der Waals surface area contributed by atoms with E-state index in [0.717, 1.165) is 0 Å². The van der Waals surface area contributed by atoms with Crippen LogP contribution in [-0.2, 0) is 32.5 Å². The lowest BCUT2D eigenvalue weighted by Crippen LogP contribution is -2.25. The summed E-state index contributed by atoms with van der Waals surface area (Å²) < 4.78 is 5.22. The number of hydrogen-bond donors (Lipinski definition) is 0. The van der Waals surface area contributed by atoms with Crippen LogP contribution in [0.15, 0.2) is 84.9 Å². The van der Waals surface area contributed by atoms with E-state index in [1.807, 2.05) is 0 Å². The Bertz CT molecular complexity index is 3370. The number of rotatable bonds is 3. The molecular formula is C62H74N2. The SMILES string of the molecule is Cc1ccc2c(c1C(C)(C)c1cc(C(C)(C)C)cc(-n3c4ccc(C(C)(C)C)cc4c4cc(C(C)(C)C)cc(C)c43)c1C)c1cc(C(C)(C)C)cc3c4cc(C(C)(C)C)ccc4n2c31. The molecule has 64 heavy (non-hydrogen) atoms. The van der Waals surface area contributed by atoms with Gasteiger partial charge in [-0.1, -0.05) is 148 Å². The summed E-state index contributed by atoms with van der Waals surface area (Å²) in [5, 5.41) is 8.14. The maximum atomic E-state index is 2.63. The highest BCUT2D eigenvalue weighted by Crippen LogP contribution is 2.50. The molecular weight excluding hydrogens is 773 g/mol. The average Bonchev–Trinajstić information content (AvgIpc) is 3.80. The van der Waals surface area contributed by atoms with E-state index in [0.29, 0.717) is 0 Å². The van der Waals surface area contributed by atoms with Crippen LogP contribution in [0.4, 0.5) is 0 Å². The van der Waals surface area contributed by atoms with Gasteiger partial charge < -0.3 is 8.97 Å². The topological polar surface area (TPSA) is 9.34 Å². The van der Waals surface area contributed by atoms with Gasteiger partial charge in [-0.25, -0.2) is 0 Å². The van der Waals surface area contributed by atoms with Gasteiger partial charge in [0.25, 0.3) is 0 Å². The number of benzene rings is 6. The van der Waals surface area contributed by atoms with Crippen molar-refractivity contribution < 1.29 is 0 Å². The van der Waals surface area contributed by atoms with Gasteiger partial charge in [0.1, 0.15) is 0 Å². The Hall–Kier alpha value is -5.08. The predicted molar refractivity (Wildman–Crippen MR) is 282 cm³/mol. The number of nitrogens with zero attached hydrogens (tertiary/aromatic N) is 2. The van der Waals surface area contributed by atoms with Crippen molar-refractivity contribution in [2.75, 3.05) is 0 Å². The van der Waals surface area contributed by atoms with Gasteiger partial charge in [-0.15, -0.1) is 0 Å². The molecule has 6 aromatic carbocycles. The van der Waals surface area contributed by atoms with Crippen molar-refractivity contribution in [1.82, 2.24) is 8.97 Å². The summed E-state index contributed by atoms with van der Waals surface area (Å²) in [6.07, 6.45) is 0. The molecule has 0 spiro atoms. The zero-order valence-electron chi connectivity index (χ0n) is 43.0. The molecule has 9 rings (SSSR count). The highest BCUT2D eigenvalue weighted by Gasteiger charge is 2.35. The van der Waals surface area contributed by atoms with Gasteiger partial charge >= 0.3 is 0 Å². The summed E-state index contributed by atoms with van der Waals surface area (Å²) in [7, 11) is 0. The Kier molecular flexibility index (Phi) is 9.47. The second kappa shape index (κ2) is 13.7. The molecule has 0 aliphatic heterocycles. The average molecular weight is 847 g/mol. The number of aryl methyl sites for hydroxylation is 2. The minimum absolute atomic E-state index is 0.0166. The van der Waals surface area contributed by atoms with Gasteiger partial charge in [-0.3, -0.25) is 0 Å². The molecule has 0 aliphatic rings. The summed E-state index contributed by atoms with van der Waals surface area (Å²) >= 11 is 0. The van der Waals surface area contributed by atoms with Crippen molar-refractivity contribution in [1.29, 1.82) is 0 Å². The highest BCUT2D eigenvalue weighted by atomic mass is 15.0. The first kappa shape index (κ1) is 44.1. The van der Waals surface area contributed by atoms with Crippen molar-refractivity contribution >= 4 is 59.9 Å². The fraction of sp³-hybridized carbons (Fsp3) is 0.419. The monoisotopic (exact) mass is 847 g/mol. The van der Waals surface area contributed by atoms with Gasteiger partial charge in [0.05, 0.1) is 27.6 Å². The fourth-order valence-electron chi connectivity index (χ4n) is 11.1. The lowest BCUT2D eigenvalue weighted by Gasteiger charge is -2.34. The first-order valence-corrected chi connectivity index (χ1v) is 23.9. The van der Waals surface area contributed by atoms with Crippen LogP contribution in [0.1, 0.15) is 173 Å². The summed E-state index contributed by atoms with van der Waals surface area (Å²) in [6, 6.07) is 34.3. The van der Waals surface area contributed by atoms with E-state index in [-0.39, 0.29) is 32.5 Å². The lowest BCUT2D eigenvalue weighted by atomic mass is 9.71. The molecule has 2 nitrogen and oxygen atoms in total. The quantitative estimate of drug-likeness (QED) is 0.168. The molecule has 0 aliphatic carbocycles. The van der Waals surface area contributed by atoms with Crippen molar-refractivity contribution in [3.8, 4) is 5.69 Å². The Morgan fingerprint density at radius 3 is 1.34 bits per heavy atom. The standard InChI is InChI=1S/C62H74N2/c1-35-21-24-51-53(47-32-41(60(13,14)15)31-46-44-29-39(58(7,8)9)22-25-49(44)63(51)56(46)47)54(35)62(19,20)48-33-42(61(16,17)18)34-52(37(48)3)64-50-26-23-38(57(4,5)6)28-43(50)45-30-40(59(10,11)12)27-36(2)55(45)64/h21-34H,1-20H3. The van der Waals surface area contributed by atoms with Gasteiger partial charge in [0.15, 0.2) is 0 Å². The molecule has 3 aromatic heterocycles. The molecule has 0 atom stereocenters. The minimum Gasteiger partial charge on any atom is -0.309 e. The molecule has 0 N–H and O–H groups in total. The number of aromatic nitrogens is 2. The molecule has 0 saturated carbocycles. The molecule has 0 bridgehead atoms. The lowest BCUT2D eigenvalue weighted by molar-refractivity contribution is 0.580. The number of fused-ring (bicyclic) bond motifs is 9. The van der Waals surface area contributed by atoms with E-state index in [2.05, 4.69) is 232 Å². The normalized spacial score (nSPS) is 13.9. The Balaban J connectivity index is 1.40. The van der Waals surface area contributed by atoms with Crippen LogP contribution in [-0.4, -0.2) is 8.97 Å². The molecule has 9 aromatic rings. The Morgan fingerprint density at radius 1 is 0.359 bits per heavy atom. The van der Waals surface area contributed by atoms with Crippen LogP contribution in [0, 0.1) is 20.8 Å². The summed E-state index contributed by atoms with van der Waals surface area (Å²) in [5.74, 6) is 0. The molecule has 0 fully saturated rings. The first-order chi connectivity index (χ1) is 29.4. The van der Waals surface area contributed by atoms with Crippen LogP contribution in [0.2, 0.25) is 0 Å². The smallest absolute Gasteiger partial charge is 0.0620 e. The van der Waals surface area contributed by atoms with Gasteiger partial charge in [-0.05, 0) is 158 Å². The van der Waals surface area contributed by atoms with Crippen molar-refractivity contribution in [2.24, 2.45) is 0 Å². The molecule has 332 valence electrons. The summed E-state index contributed by atoms with van der Waals surface area (Å²) in [5.41, 5.74) is 21.1. The third-order valence-corrected chi connectivity index (χ3v) is 15.1. The van der Waals surface area contributed by atoms with E-state index < -0.39 is 0 Å². The van der Waals surface area contributed by atoms with Gasteiger partial charge in [0.2, 0.25) is 0 Å². The minimum atomic E-state index is -0.356. The van der Waals surface area contributed by atoms with E-state index in [4.69, 9.17) is 0 Å². The third kappa shape index (κ3) is 6.62. The van der Waals surface area contributed by atoms with Crippen molar-refractivity contribution in [3.63, 3.8) is 0 Å². The second-order valence-electron chi connectivity index (χ2n) is 25.4. The van der Waals surface area contributed by atoms with E-state index in [1.54, 1.807) is 0 Å². The maximum absolute atomic E-state index is 2.63. The molecule has 0 unspecified atom stereocenters. The van der Waals surface area contributed by atoms with E-state index in [9.17, 15) is 0 Å². The van der Waals surface area contributed by atoms with Crippen molar-refractivity contribution in [2.45, 2.75) is 171 Å². The predicted octanol–water partition coefficient (Wildman–Crippen LogP) is 17.7. The zero-order chi connectivity index (χ0) is 46.8. The Morgan fingerprint density at radius 2 is 0.797 bits per heavy atom.